The van der Waals surface area contributed by atoms with E-state index >= 15 is 0 Å². The Hall–Kier alpha value is -2.19. The van der Waals surface area contributed by atoms with Gasteiger partial charge >= 0.3 is 5.97 Å². The zero-order valence-electron chi connectivity index (χ0n) is 10.8. The van der Waals surface area contributed by atoms with Crippen LogP contribution in [0.25, 0.3) is 0 Å². The highest BCUT2D eigenvalue weighted by Gasteiger charge is 2.41. The van der Waals surface area contributed by atoms with Crippen molar-refractivity contribution in [1.29, 1.82) is 0 Å². The van der Waals surface area contributed by atoms with Crippen LogP contribution in [0.1, 0.15) is 16.9 Å². The van der Waals surface area contributed by atoms with Crippen molar-refractivity contribution in [3.05, 3.63) is 24.0 Å². The number of hydrogen-bond acceptors (Lipinski definition) is 5. The number of likely N-dealkylation sites (tertiary alicyclic amines) is 1. The van der Waals surface area contributed by atoms with E-state index in [2.05, 4.69) is 10.3 Å². The van der Waals surface area contributed by atoms with Gasteiger partial charge in [0.05, 0.1) is 6.54 Å². The third-order valence-electron chi connectivity index (χ3n) is 3.27. The maximum atomic E-state index is 11.7. The number of hydrogen-bond donors (Lipinski definition) is 4. The number of imide groups is 1. The van der Waals surface area contributed by atoms with Gasteiger partial charge in [0, 0.05) is 19.3 Å². The molecule has 0 aliphatic carbocycles. The molecule has 20 heavy (non-hydrogen) atoms. The largest absolute Gasteiger partial charge is 0.480 e. The number of rotatable bonds is 4. The lowest BCUT2D eigenvalue weighted by Gasteiger charge is -2.19. The number of nitrogens with one attached hydrogen (secondary N) is 2. The van der Waals surface area contributed by atoms with E-state index in [-0.39, 0.29) is 19.5 Å². The summed E-state index contributed by atoms with van der Waals surface area (Å²) in [6.45, 7) is 0.442. The van der Waals surface area contributed by atoms with Crippen molar-refractivity contribution in [3.8, 4) is 0 Å². The number of nitrogens with two attached hydrogens (primary N) is 1. The highest BCUT2D eigenvalue weighted by Crippen LogP contribution is 2.18. The van der Waals surface area contributed by atoms with Crippen LogP contribution in [0, 0.1) is 0 Å². The Bertz CT molecular complexity index is 528. The number of carboxylic acids is 1. The Labute approximate surface area is 114 Å². The van der Waals surface area contributed by atoms with Crippen LogP contribution < -0.4 is 11.1 Å². The molecule has 5 N–H and O–H groups in total. The van der Waals surface area contributed by atoms with Gasteiger partial charge in [0.2, 0.25) is 5.91 Å². The number of carboxylic acid groups (broad SMARTS) is 1. The van der Waals surface area contributed by atoms with E-state index in [1.165, 1.54) is 0 Å². The van der Waals surface area contributed by atoms with Crippen molar-refractivity contribution in [1.82, 2.24) is 15.2 Å². The highest BCUT2D eigenvalue weighted by molar-refractivity contribution is 6.04. The Morgan fingerprint density at radius 3 is 2.80 bits per heavy atom. The van der Waals surface area contributed by atoms with Crippen LogP contribution in [-0.4, -0.2) is 57.9 Å². The minimum Gasteiger partial charge on any atom is -0.480 e. The molecule has 1 aromatic heterocycles. The van der Waals surface area contributed by atoms with Crippen LogP contribution >= 0.6 is 0 Å². The number of amides is 2. The zero-order chi connectivity index (χ0) is 14.8. The molecule has 8 heteroatoms. The van der Waals surface area contributed by atoms with Gasteiger partial charge < -0.3 is 15.8 Å². The van der Waals surface area contributed by atoms with Crippen molar-refractivity contribution < 1.29 is 19.5 Å². The number of carbonyl (C=O) groups is 3. The van der Waals surface area contributed by atoms with Crippen LogP contribution in [0.3, 0.4) is 0 Å². The predicted octanol–water partition coefficient (Wildman–Crippen LogP) is -1.24. The Balaban J connectivity index is 1.84. The second-order valence-corrected chi connectivity index (χ2v) is 4.88. The van der Waals surface area contributed by atoms with Crippen LogP contribution in [0.4, 0.5) is 0 Å². The molecule has 2 heterocycles. The molecule has 2 amide bonds. The van der Waals surface area contributed by atoms with Gasteiger partial charge in [-0.1, -0.05) is 0 Å². The van der Waals surface area contributed by atoms with E-state index in [0.29, 0.717) is 12.2 Å². The maximum absolute atomic E-state index is 11.7. The third-order valence-corrected chi connectivity index (χ3v) is 3.27. The van der Waals surface area contributed by atoms with Crippen molar-refractivity contribution in [2.45, 2.75) is 12.0 Å². The molecule has 2 rings (SSSR count). The van der Waals surface area contributed by atoms with Gasteiger partial charge in [0.1, 0.15) is 11.2 Å². The first-order chi connectivity index (χ1) is 9.40. The second kappa shape index (κ2) is 5.43. The number of aliphatic carboxylic acids is 1. The smallest absolute Gasteiger partial charge is 0.325 e. The fourth-order valence-electron chi connectivity index (χ4n) is 2.13. The van der Waals surface area contributed by atoms with Gasteiger partial charge in [0.25, 0.3) is 5.91 Å². The fraction of sp³-hybridized carbons (Fsp3) is 0.417. The molecule has 8 nitrogen and oxygen atoms in total. The van der Waals surface area contributed by atoms with E-state index in [9.17, 15) is 14.4 Å². The average Bonchev–Trinajstić information content (AvgIpc) is 2.99. The Morgan fingerprint density at radius 2 is 2.25 bits per heavy atom. The van der Waals surface area contributed by atoms with Gasteiger partial charge in [-0.3, -0.25) is 24.6 Å². The number of carbonyl (C=O) groups excluding carboxylic acids is 2. The van der Waals surface area contributed by atoms with Crippen LogP contribution in [-0.2, 0) is 9.59 Å². The fourth-order valence-corrected chi connectivity index (χ4v) is 2.13. The predicted molar refractivity (Wildman–Crippen MR) is 68.9 cm³/mol. The summed E-state index contributed by atoms with van der Waals surface area (Å²) in [6.07, 6.45) is 1.86. The average molecular weight is 280 g/mol. The standard InChI is InChI=1S/C12H16N4O4/c13-12(11(19)20)3-5-16(7-12)6-9(17)15-10(18)8-2-1-4-14-8/h1-2,4,14H,3,5-7,13H2,(H,19,20)(H,15,17,18). The summed E-state index contributed by atoms with van der Waals surface area (Å²) in [5, 5.41) is 11.2. The van der Waals surface area contributed by atoms with Crippen molar-refractivity contribution >= 4 is 17.8 Å². The maximum Gasteiger partial charge on any atom is 0.325 e. The number of nitrogens with zero attached hydrogens (tertiary/aromatic N) is 1. The minimum absolute atomic E-state index is 0.0569. The molecule has 1 saturated heterocycles. The second-order valence-electron chi connectivity index (χ2n) is 4.88. The van der Waals surface area contributed by atoms with Crippen molar-refractivity contribution in [3.63, 3.8) is 0 Å². The summed E-state index contributed by atoms with van der Waals surface area (Å²) in [5.74, 6) is -2.08. The summed E-state index contributed by atoms with van der Waals surface area (Å²) in [4.78, 5) is 38.6. The Kier molecular flexibility index (Phi) is 3.86. The van der Waals surface area contributed by atoms with Crippen LogP contribution in [0.15, 0.2) is 18.3 Å². The van der Waals surface area contributed by atoms with E-state index in [0.717, 1.165) is 0 Å². The lowest BCUT2D eigenvalue weighted by Crippen LogP contribution is -2.51. The van der Waals surface area contributed by atoms with Gasteiger partial charge in [-0.15, -0.1) is 0 Å². The molecule has 1 aromatic rings. The SMILES string of the molecule is NC1(C(=O)O)CCN(CC(=O)NC(=O)c2ccc[nH]2)C1. The minimum atomic E-state index is -1.32. The van der Waals surface area contributed by atoms with E-state index in [1.807, 2.05) is 0 Å². The summed E-state index contributed by atoms with van der Waals surface area (Å²) in [6, 6.07) is 3.20. The number of aromatic nitrogens is 1. The molecule has 1 fully saturated rings. The first kappa shape index (κ1) is 14.2. The van der Waals surface area contributed by atoms with E-state index < -0.39 is 23.3 Å². The topological polar surface area (TPSA) is 129 Å². The first-order valence-electron chi connectivity index (χ1n) is 6.13. The normalized spacial score (nSPS) is 22.6. The van der Waals surface area contributed by atoms with Crippen LogP contribution in [0.2, 0.25) is 0 Å². The summed E-state index contributed by atoms with van der Waals surface area (Å²) >= 11 is 0. The molecule has 108 valence electrons. The monoisotopic (exact) mass is 280 g/mol. The van der Waals surface area contributed by atoms with Crippen molar-refractivity contribution in [2.24, 2.45) is 5.73 Å². The molecule has 1 atom stereocenters. The molecule has 1 aliphatic rings. The Morgan fingerprint density at radius 1 is 1.50 bits per heavy atom. The third kappa shape index (κ3) is 3.03. The molecule has 0 saturated carbocycles. The summed E-state index contributed by atoms with van der Waals surface area (Å²) in [7, 11) is 0. The van der Waals surface area contributed by atoms with Gasteiger partial charge in [-0.2, -0.15) is 0 Å². The quantitative estimate of drug-likeness (QED) is 0.546. The molecular weight excluding hydrogens is 264 g/mol. The molecule has 0 radical (unpaired) electrons. The molecule has 1 unspecified atom stereocenters. The highest BCUT2D eigenvalue weighted by atomic mass is 16.4. The lowest BCUT2D eigenvalue weighted by atomic mass is 10.0. The lowest BCUT2D eigenvalue weighted by molar-refractivity contribution is -0.143. The van der Waals surface area contributed by atoms with Gasteiger partial charge in [-0.25, -0.2) is 0 Å². The molecule has 0 spiro atoms. The number of aromatic amines is 1. The van der Waals surface area contributed by atoms with E-state index in [1.54, 1.807) is 23.2 Å². The molecular formula is C12H16N4O4. The first-order valence-corrected chi connectivity index (χ1v) is 6.13. The van der Waals surface area contributed by atoms with Gasteiger partial charge in [-0.05, 0) is 18.6 Å². The molecule has 0 aromatic carbocycles. The van der Waals surface area contributed by atoms with Crippen molar-refractivity contribution in [2.75, 3.05) is 19.6 Å². The van der Waals surface area contributed by atoms with Gasteiger partial charge in [0.15, 0.2) is 0 Å². The van der Waals surface area contributed by atoms with E-state index in [4.69, 9.17) is 10.8 Å². The van der Waals surface area contributed by atoms with Crippen LogP contribution in [0.5, 0.6) is 0 Å². The molecule has 1 aliphatic heterocycles. The summed E-state index contributed by atoms with van der Waals surface area (Å²) in [5.41, 5.74) is 4.68. The molecule has 0 bridgehead atoms. The summed E-state index contributed by atoms with van der Waals surface area (Å²) < 4.78 is 0. The zero-order valence-corrected chi connectivity index (χ0v) is 10.8. The number of H-pyrrole nitrogens is 1.